The molecule has 1 aromatic carbocycles. The number of amides is 1. The summed E-state index contributed by atoms with van der Waals surface area (Å²) in [7, 11) is 0. The maximum atomic E-state index is 12.8. The molecule has 1 amide bonds. The van der Waals surface area contributed by atoms with Crippen LogP contribution >= 0.6 is 23.2 Å². The Balaban J connectivity index is 1.44. The summed E-state index contributed by atoms with van der Waals surface area (Å²) >= 11 is 12.0. The molecule has 0 unspecified atom stereocenters. The summed E-state index contributed by atoms with van der Waals surface area (Å²) in [6.45, 7) is 1.64. The fraction of sp³-hybridized carbons (Fsp3) is 0.429. The van der Waals surface area contributed by atoms with Crippen molar-refractivity contribution in [2.75, 3.05) is 25.0 Å². The molecule has 1 fully saturated rings. The number of aromatic amines is 1. The summed E-state index contributed by atoms with van der Waals surface area (Å²) in [6, 6.07) is 5.34. The molecule has 9 nitrogen and oxygen atoms in total. The van der Waals surface area contributed by atoms with Crippen molar-refractivity contribution in [3.8, 4) is 0 Å². The van der Waals surface area contributed by atoms with Gasteiger partial charge in [-0.3, -0.25) is 19.3 Å². The van der Waals surface area contributed by atoms with Crippen molar-refractivity contribution < 1.29 is 9.90 Å². The first kappa shape index (κ1) is 22.6. The number of piperidine rings is 1. The highest BCUT2D eigenvalue weighted by Gasteiger charge is 2.26. The van der Waals surface area contributed by atoms with E-state index >= 15 is 0 Å². The van der Waals surface area contributed by atoms with Crippen LogP contribution in [0.3, 0.4) is 0 Å². The molecule has 0 saturated carbocycles. The highest BCUT2D eigenvalue weighted by atomic mass is 35.5. The number of aliphatic hydroxyl groups excluding tert-OH is 1. The van der Waals surface area contributed by atoms with Crippen molar-refractivity contribution in [3.05, 3.63) is 50.4 Å². The minimum absolute atomic E-state index is 0.0154. The number of rotatable bonds is 7. The van der Waals surface area contributed by atoms with Crippen molar-refractivity contribution in [3.63, 3.8) is 0 Å². The molecule has 0 atom stereocenters. The number of carbonyl (C=O) groups excluding carboxylic acids is 1. The number of benzene rings is 1. The molecule has 4 rings (SSSR count). The van der Waals surface area contributed by atoms with E-state index < -0.39 is 0 Å². The van der Waals surface area contributed by atoms with Crippen LogP contribution < -0.4 is 10.9 Å². The van der Waals surface area contributed by atoms with Crippen LogP contribution in [0.1, 0.15) is 37.3 Å². The van der Waals surface area contributed by atoms with Gasteiger partial charge in [0.05, 0.1) is 22.3 Å². The molecule has 3 heterocycles. The van der Waals surface area contributed by atoms with Crippen molar-refractivity contribution >= 4 is 46.1 Å². The third kappa shape index (κ3) is 4.90. The van der Waals surface area contributed by atoms with Crippen LogP contribution in [0.4, 0.5) is 5.95 Å². The summed E-state index contributed by atoms with van der Waals surface area (Å²) in [6.07, 6.45) is 3.84. The van der Waals surface area contributed by atoms with Crippen LogP contribution in [0.2, 0.25) is 10.0 Å². The molecule has 1 saturated heterocycles. The number of hydrogen-bond donors (Lipinski definition) is 3. The Morgan fingerprint density at radius 2 is 2.03 bits per heavy atom. The van der Waals surface area contributed by atoms with Gasteiger partial charge in [0.15, 0.2) is 5.52 Å². The van der Waals surface area contributed by atoms with E-state index in [1.807, 2.05) is 11.0 Å². The first-order chi connectivity index (χ1) is 15.5. The standard InChI is InChI=1S/C21H24Cl2N6O3/c22-15-4-3-13(10-16(15)23)11-24-21-26-17-12-25-29(19(17)20(32)27-21)14-5-7-28(8-6-14)18(31)2-1-9-30/h3-4,10,12,14,30H,1-2,5-9,11H2,(H2,24,26,27,32). The summed E-state index contributed by atoms with van der Waals surface area (Å²) < 4.78 is 1.72. The van der Waals surface area contributed by atoms with E-state index in [1.54, 1.807) is 23.0 Å². The van der Waals surface area contributed by atoms with E-state index in [2.05, 4.69) is 20.4 Å². The molecule has 2 aromatic heterocycles. The van der Waals surface area contributed by atoms with Crippen LogP contribution in [0.5, 0.6) is 0 Å². The lowest BCUT2D eigenvalue weighted by Gasteiger charge is -2.32. The zero-order valence-electron chi connectivity index (χ0n) is 17.4. The number of carbonyl (C=O) groups is 1. The van der Waals surface area contributed by atoms with Crippen LogP contribution in [0.25, 0.3) is 11.0 Å². The van der Waals surface area contributed by atoms with Crippen molar-refractivity contribution in [1.29, 1.82) is 0 Å². The second-order valence-electron chi connectivity index (χ2n) is 7.78. The van der Waals surface area contributed by atoms with Crippen LogP contribution in [0.15, 0.2) is 29.2 Å². The number of hydrogen-bond acceptors (Lipinski definition) is 6. The summed E-state index contributed by atoms with van der Waals surface area (Å²) in [5.41, 5.74) is 1.56. The smallest absolute Gasteiger partial charge is 0.278 e. The minimum atomic E-state index is -0.273. The topological polar surface area (TPSA) is 116 Å². The second kappa shape index (κ2) is 9.89. The average Bonchev–Trinajstić information content (AvgIpc) is 3.23. The zero-order valence-corrected chi connectivity index (χ0v) is 18.9. The maximum absolute atomic E-state index is 12.8. The first-order valence-electron chi connectivity index (χ1n) is 10.5. The van der Waals surface area contributed by atoms with E-state index in [4.69, 9.17) is 28.3 Å². The lowest BCUT2D eigenvalue weighted by molar-refractivity contribution is -0.132. The highest BCUT2D eigenvalue weighted by Crippen LogP contribution is 2.26. The van der Waals surface area contributed by atoms with E-state index in [0.717, 1.165) is 5.56 Å². The minimum Gasteiger partial charge on any atom is -0.396 e. The third-order valence-electron chi connectivity index (χ3n) is 5.61. The van der Waals surface area contributed by atoms with Crippen molar-refractivity contribution in [2.24, 2.45) is 0 Å². The van der Waals surface area contributed by atoms with Gasteiger partial charge >= 0.3 is 0 Å². The zero-order chi connectivity index (χ0) is 22.7. The Hall–Kier alpha value is -2.62. The van der Waals surface area contributed by atoms with E-state index in [1.165, 1.54) is 0 Å². The predicted octanol–water partition coefficient (Wildman–Crippen LogP) is 2.97. The molecule has 1 aliphatic heterocycles. The van der Waals surface area contributed by atoms with E-state index in [-0.39, 0.29) is 24.1 Å². The van der Waals surface area contributed by atoms with Gasteiger partial charge in [-0.05, 0) is 37.0 Å². The van der Waals surface area contributed by atoms with Crippen LogP contribution in [-0.4, -0.2) is 55.4 Å². The van der Waals surface area contributed by atoms with Gasteiger partial charge in [-0.15, -0.1) is 0 Å². The Kier molecular flexibility index (Phi) is 6.98. The Morgan fingerprint density at radius 1 is 1.25 bits per heavy atom. The molecule has 1 aliphatic rings. The van der Waals surface area contributed by atoms with Gasteiger partial charge < -0.3 is 15.3 Å². The van der Waals surface area contributed by atoms with Gasteiger partial charge in [0, 0.05) is 32.7 Å². The fourth-order valence-electron chi connectivity index (χ4n) is 3.91. The van der Waals surface area contributed by atoms with Crippen LogP contribution in [0, 0.1) is 0 Å². The maximum Gasteiger partial charge on any atom is 0.278 e. The number of halogens is 2. The average molecular weight is 479 g/mol. The quantitative estimate of drug-likeness (QED) is 0.480. The van der Waals surface area contributed by atoms with Gasteiger partial charge in [0.25, 0.3) is 5.56 Å². The third-order valence-corrected chi connectivity index (χ3v) is 6.35. The largest absolute Gasteiger partial charge is 0.396 e. The molecule has 32 heavy (non-hydrogen) atoms. The molecular weight excluding hydrogens is 455 g/mol. The lowest BCUT2D eigenvalue weighted by atomic mass is 10.0. The number of aromatic nitrogens is 4. The SMILES string of the molecule is O=C(CCCO)N1CCC(n2ncc3nc(NCc4ccc(Cl)c(Cl)c4)[nH]c(=O)c32)CC1. The lowest BCUT2D eigenvalue weighted by Crippen LogP contribution is -2.39. The highest BCUT2D eigenvalue weighted by molar-refractivity contribution is 6.42. The predicted molar refractivity (Wildman–Crippen MR) is 123 cm³/mol. The first-order valence-corrected chi connectivity index (χ1v) is 11.3. The van der Waals surface area contributed by atoms with Crippen LogP contribution in [-0.2, 0) is 11.3 Å². The van der Waals surface area contributed by atoms with Gasteiger partial charge in [-0.25, -0.2) is 4.98 Å². The molecule has 0 aliphatic carbocycles. The number of anilines is 1. The summed E-state index contributed by atoms with van der Waals surface area (Å²) in [5.74, 6) is 0.400. The van der Waals surface area contributed by atoms with Crippen molar-refractivity contribution in [1.82, 2.24) is 24.6 Å². The molecule has 11 heteroatoms. The number of fused-ring (bicyclic) bond motifs is 1. The molecule has 3 aromatic rings. The Bertz CT molecular complexity index is 1170. The molecule has 3 N–H and O–H groups in total. The number of aliphatic hydroxyl groups is 1. The number of likely N-dealkylation sites (tertiary alicyclic amines) is 1. The number of nitrogens with one attached hydrogen (secondary N) is 2. The normalized spacial score (nSPS) is 14.8. The Morgan fingerprint density at radius 3 is 2.75 bits per heavy atom. The van der Waals surface area contributed by atoms with Gasteiger partial charge in [0.1, 0.15) is 5.52 Å². The van der Waals surface area contributed by atoms with E-state index in [0.29, 0.717) is 72.3 Å². The number of H-pyrrole nitrogens is 1. The van der Waals surface area contributed by atoms with Gasteiger partial charge in [-0.1, -0.05) is 29.3 Å². The monoisotopic (exact) mass is 478 g/mol. The summed E-state index contributed by atoms with van der Waals surface area (Å²) in [5, 5.41) is 17.4. The van der Waals surface area contributed by atoms with E-state index in [9.17, 15) is 9.59 Å². The van der Waals surface area contributed by atoms with Crippen molar-refractivity contribution in [2.45, 2.75) is 38.3 Å². The fourth-order valence-corrected chi connectivity index (χ4v) is 4.24. The molecule has 0 bridgehead atoms. The molecule has 0 radical (unpaired) electrons. The second-order valence-corrected chi connectivity index (χ2v) is 8.59. The molecular formula is C21H24Cl2N6O3. The summed E-state index contributed by atoms with van der Waals surface area (Å²) in [4.78, 5) is 34.0. The van der Waals surface area contributed by atoms with Gasteiger partial charge in [-0.2, -0.15) is 5.10 Å². The Labute approximate surface area is 194 Å². The number of nitrogens with zero attached hydrogens (tertiary/aromatic N) is 4. The van der Waals surface area contributed by atoms with Gasteiger partial charge in [0.2, 0.25) is 11.9 Å². The molecule has 0 spiro atoms. The molecule has 170 valence electrons.